The average molecular weight is 438 g/mol. The molecule has 2 aromatic rings. The van der Waals surface area contributed by atoms with E-state index in [1.54, 1.807) is 4.90 Å². The van der Waals surface area contributed by atoms with Crippen LogP contribution < -0.4 is 10.1 Å². The number of nitrogens with zero attached hydrogens (tertiary/aromatic N) is 2. The van der Waals surface area contributed by atoms with E-state index < -0.39 is 5.60 Å². The number of carbonyl (C=O) groups is 2. The molecule has 0 unspecified atom stereocenters. The van der Waals surface area contributed by atoms with Gasteiger partial charge in [0.05, 0.1) is 5.92 Å². The third-order valence-electron chi connectivity index (χ3n) is 5.69. The van der Waals surface area contributed by atoms with Crippen molar-refractivity contribution in [2.75, 3.05) is 39.3 Å². The summed E-state index contributed by atoms with van der Waals surface area (Å²) in [7, 11) is 0. The van der Waals surface area contributed by atoms with Gasteiger partial charge in [0.1, 0.15) is 17.1 Å². The van der Waals surface area contributed by atoms with Gasteiger partial charge in [-0.05, 0) is 32.9 Å². The highest BCUT2D eigenvalue weighted by atomic mass is 16.6. The van der Waals surface area contributed by atoms with E-state index in [2.05, 4.69) is 10.2 Å². The van der Waals surface area contributed by atoms with Crippen LogP contribution in [0.15, 0.2) is 48.5 Å². The van der Waals surface area contributed by atoms with Crippen LogP contribution in [-0.2, 0) is 9.53 Å². The van der Waals surface area contributed by atoms with Gasteiger partial charge in [-0.2, -0.15) is 0 Å². The van der Waals surface area contributed by atoms with Crippen LogP contribution in [0.4, 0.5) is 4.79 Å². The van der Waals surface area contributed by atoms with Crippen molar-refractivity contribution < 1.29 is 19.1 Å². The summed E-state index contributed by atoms with van der Waals surface area (Å²) in [4.78, 5) is 29.4. The number of rotatable bonds is 4. The smallest absolute Gasteiger partial charge is 0.410 e. The lowest BCUT2D eigenvalue weighted by atomic mass is 9.87. The number of benzene rings is 2. The summed E-state index contributed by atoms with van der Waals surface area (Å²) in [6, 6.07) is 15.4. The predicted octanol–water partition coefficient (Wildman–Crippen LogP) is 3.59. The minimum Gasteiger partial charge on any atom is -0.457 e. The standard InChI is InChI=1S/C25H31N3O4/c1-25(2,3)32-24(30)28-16-14-27(15-17-28)13-12-26-23(29)22-18-8-4-6-10-20(18)31-21-11-7-5-9-19(21)22/h4-11,22H,12-17H2,1-3H3,(H,26,29). The van der Waals surface area contributed by atoms with E-state index in [1.807, 2.05) is 69.3 Å². The van der Waals surface area contributed by atoms with Gasteiger partial charge in [0.25, 0.3) is 0 Å². The van der Waals surface area contributed by atoms with Crippen LogP contribution in [0, 0.1) is 0 Å². The molecule has 1 fully saturated rings. The Bertz CT molecular complexity index is 932. The molecule has 2 aliphatic rings. The number of hydrogen-bond donors (Lipinski definition) is 1. The van der Waals surface area contributed by atoms with Gasteiger partial charge in [-0.25, -0.2) is 4.79 Å². The molecule has 32 heavy (non-hydrogen) atoms. The SMILES string of the molecule is CC(C)(C)OC(=O)N1CCN(CCNC(=O)C2c3ccccc3Oc3ccccc32)CC1. The van der Waals surface area contributed by atoms with E-state index in [0.717, 1.165) is 42.3 Å². The molecule has 2 heterocycles. The number of amides is 2. The number of carbonyl (C=O) groups excluding carboxylic acids is 2. The molecule has 0 radical (unpaired) electrons. The maximum Gasteiger partial charge on any atom is 0.410 e. The van der Waals surface area contributed by atoms with Crippen LogP contribution in [0.1, 0.15) is 37.8 Å². The highest BCUT2D eigenvalue weighted by Crippen LogP contribution is 2.43. The number of para-hydroxylation sites is 2. The third kappa shape index (κ3) is 5.05. The van der Waals surface area contributed by atoms with Crippen molar-refractivity contribution in [2.45, 2.75) is 32.3 Å². The zero-order chi connectivity index (χ0) is 22.7. The average Bonchev–Trinajstić information content (AvgIpc) is 2.76. The van der Waals surface area contributed by atoms with E-state index in [0.29, 0.717) is 19.6 Å². The molecule has 4 rings (SSSR count). The lowest BCUT2D eigenvalue weighted by molar-refractivity contribution is -0.121. The molecular weight excluding hydrogens is 406 g/mol. The monoisotopic (exact) mass is 437 g/mol. The highest BCUT2D eigenvalue weighted by Gasteiger charge is 2.32. The maximum absolute atomic E-state index is 13.2. The quantitative estimate of drug-likeness (QED) is 0.792. The molecule has 1 saturated heterocycles. The summed E-state index contributed by atoms with van der Waals surface area (Å²) in [6.45, 7) is 9.69. The van der Waals surface area contributed by atoms with E-state index in [9.17, 15) is 9.59 Å². The Morgan fingerprint density at radius 1 is 0.969 bits per heavy atom. The van der Waals surface area contributed by atoms with Crippen molar-refractivity contribution in [3.63, 3.8) is 0 Å². The van der Waals surface area contributed by atoms with Crippen molar-refractivity contribution in [1.29, 1.82) is 0 Å². The van der Waals surface area contributed by atoms with Crippen LogP contribution in [0.3, 0.4) is 0 Å². The van der Waals surface area contributed by atoms with Gasteiger partial charge in [0, 0.05) is 50.4 Å². The Morgan fingerprint density at radius 3 is 2.09 bits per heavy atom. The minimum atomic E-state index is -0.486. The van der Waals surface area contributed by atoms with E-state index in [-0.39, 0.29) is 17.9 Å². The van der Waals surface area contributed by atoms with Gasteiger partial charge in [-0.15, -0.1) is 0 Å². The Morgan fingerprint density at radius 2 is 1.53 bits per heavy atom. The molecule has 7 nitrogen and oxygen atoms in total. The predicted molar refractivity (Wildman–Crippen MR) is 122 cm³/mol. The summed E-state index contributed by atoms with van der Waals surface area (Å²) in [6.07, 6.45) is -0.262. The molecule has 0 spiro atoms. The zero-order valence-corrected chi connectivity index (χ0v) is 19.0. The highest BCUT2D eigenvalue weighted by molar-refractivity contribution is 5.89. The lowest BCUT2D eigenvalue weighted by Gasteiger charge is -2.35. The maximum atomic E-state index is 13.2. The van der Waals surface area contributed by atoms with Gasteiger partial charge < -0.3 is 19.7 Å². The van der Waals surface area contributed by atoms with Gasteiger partial charge in [-0.1, -0.05) is 36.4 Å². The number of ether oxygens (including phenoxy) is 2. The van der Waals surface area contributed by atoms with Crippen LogP contribution >= 0.6 is 0 Å². The number of fused-ring (bicyclic) bond motifs is 2. The fraction of sp³-hybridized carbons (Fsp3) is 0.440. The normalized spacial score (nSPS) is 16.5. The Balaban J connectivity index is 1.31. The summed E-state index contributed by atoms with van der Waals surface area (Å²) in [5, 5.41) is 3.11. The van der Waals surface area contributed by atoms with Crippen LogP contribution in [0.2, 0.25) is 0 Å². The van der Waals surface area contributed by atoms with E-state index in [1.165, 1.54) is 0 Å². The van der Waals surface area contributed by atoms with Crippen molar-refractivity contribution in [3.8, 4) is 11.5 Å². The lowest BCUT2D eigenvalue weighted by Crippen LogP contribution is -2.51. The Labute approximate surface area is 189 Å². The van der Waals surface area contributed by atoms with Gasteiger partial charge in [0.2, 0.25) is 5.91 Å². The van der Waals surface area contributed by atoms with Crippen LogP contribution in [0.25, 0.3) is 0 Å². The number of hydrogen-bond acceptors (Lipinski definition) is 5. The number of piperazine rings is 1. The molecule has 1 N–H and O–H groups in total. The molecule has 0 saturated carbocycles. The first kappa shape index (κ1) is 22.1. The molecule has 2 aliphatic heterocycles. The summed E-state index contributed by atoms with van der Waals surface area (Å²) >= 11 is 0. The first-order valence-electron chi connectivity index (χ1n) is 11.2. The van der Waals surface area contributed by atoms with Crippen molar-refractivity contribution in [3.05, 3.63) is 59.7 Å². The molecule has 0 aromatic heterocycles. The van der Waals surface area contributed by atoms with Crippen molar-refractivity contribution in [2.24, 2.45) is 0 Å². The first-order chi connectivity index (χ1) is 15.3. The summed E-state index contributed by atoms with van der Waals surface area (Å²) in [5.41, 5.74) is 1.28. The molecule has 0 aliphatic carbocycles. The Kier molecular flexibility index (Phi) is 6.37. The molecule has 2 aromatic carbocycles. The number of nitrogens with one attached hydrogen (secondary N) is 1. The third-order valence-corrected chi connectivity index (χ3v) is 5.69. The zero-order valence-electron chi connectivity index (χ0n) is 19.0. The fourth-order valence-corrected chi connectivity index (χ4v) is 4.11. The molecular formula is C25H31N3O4. The molecule has 7 heteroatoms. The van der Waals surface area contributed by atoms with Crippen LogP contribution in [0.5, 0.6) is 11.5 Å². The van der Waals surface area contributed by atoms with Crippen LogP contribution in [-0.4, -0.2) is 66.7 Å². The second kappa shape index (κ2) is 9.20. The first-order valence-corrected chi connectivity index (χ1v) is 11.2. The summed E-state index contributed by atoms with van der Waals surface area (Å²) < 4.78 is 11.4. The van der Waals surface area contributed by atoms with E-state index in [4.69, 9.17) is 9.47 Å². The topological polar surface area (TPSA) is 71.1 Å². The molecule has 0 bridgehead atoms. The van der Waals surface area contributed by atoms with Gasteiger partial charge in [0.15, 0.2) is 0 Å². The van der Waals surface area contributed by atoms with E-state index >= 15 is 0 Å². The Hall–Kier alpha value is -3.06. The largest absolute Gasteiger partial charge is 0.457 e. The second-order valence-electron chi connectivity index (χ2n) is 9.21. The van der Waals surface area contributed by atoms with Crippen molar-refractivity contribution in [1.82, 2.24) is 15.1 Å². The minimum absolute atomic E-state index is 0.0272. The second-order valence-corrected chi connectivity index (χ2v) is 9.21. The molecule has 0 atom stereocenters. The molecule has 2 amide bonds. The van der Waals surface area contributed by atoms with Gasteiger partial charge >= 0.3 is 6.09 Å². The van der Waals surface area contributed by atoms with Crippen molar-refractivity contribution >= 4 is 12.0 Å². The fourth-order valence-electron chi connectivity index (χ4n) is 4.11. The van der Waals surface area contributed by atoms with Gasteiger partial charge in [-0.3, -0.25) is 9.69 Å². The summed E-state index contributed by atoms with van der Waals surface area (Å²) in [5.74, 6) is 1.04. The molecule has 170 valence electrons.